The van der Waals surface area contributed by atoms with Crippen LogP contribution in [0.5, 0.6) is 11.5 Å². The van der Waals surface area contributed by atoms with Crippen LogP contribution in [0, 0.1) is 0 Å². The SMILES string of the molecule is O=C(O)c1c(OC2CN(C(=O)CC3CCCCO3)C2)ccc(CCB(O)O)c1O. The first-order valence-corrected chi connectivity index (χ1v) is 9.85. The number of aromatic carboxylic acids is 1. The van der Waals surface area contributed by atoms with Crippen molar-refractivity contribution < 1.29 is 39.3 Å². The Morgan fingerprint density at radius 3 is 2.62 bits per heavy atom. The van der Waals surface area contributed by atoms with E-state index in [4.69, 9.17) is 19.5 Å². The third-order valence-electron chi connectivity index (χ3n) is 5.28. The molecular formula is C19H26BNO8. The van der Waals surface area contributed by atoms with Gasteiger partial charge in [0.15, 0.2) is 0 Å². The van der Waals surface area contributed by atoms with E-state index in [1.807, 2.05) is 0 Å². The number of aromatic hydroxyl groups is 1. The van der Waals surface area contributed by atoms with Crippen molar-refractivity contribution in [1.29, 1.82) is 0 Å². The lowest BCUT2D eigenvalue weighted by Crippen LogP contribution is -2.56. The molecule has 0 radical (unpaired) electrons. The Morgan fingerprint density at radius 2 is 2.00 bits per heavy atom. The molecule has 3 rings (SSSR count). The van der Waals surface area contributed by atoms with Crippen molar-refractivity contribution in [2.24, 2.45) is 0 Å². The van der Waals surface area contributed by atoms with Gasteiger partial charge in [0, 0.05) is 6.61 Å². The number of carboxylic acid groups (broad SMARTS) is 1. The molecule has 2 saturated heterocycles. The highest BCUT2D eigenvalue weighted by molar-refractivity contribution is 6.41. The average Bonchev–Trinajstić information content (AvgIpc) is 2.63. The number of hydrogen-bond donors (Lipinski definition) is 4. The van der Waals surface area contributed by atoms with Crippen molar-refractivity contribution in [3.05, 3.63) is 23.3 Å². The molecule has 29 heavy (non-hydrogen) atoms. The second-order valence-electron chi connectivity index (χ2n) is 7.50. The molecule has 0 saturated carbocycles. The molecule has 0 spiro atoms. The maximum Gasteiger partial charge on any atom is 0.451 e. The summed E-state index contributed by atoms with van der Waals surface area (Å²) in [5.74, 6) is -1.77. The fraction of sp³-hybridized carbons (Fsp3) is 0.579. The van der Waals surface area contributed by atoms with Crippen molar-refractivity contribution in [1.82, 2.24) is 4.90 Å². The van der Waals surface area contributed by atoms with Crippen molar-refractivity contribution in [3.63, 3.8) is 0 Å². The van der Waals surface area contributed by atoms with Crippen LogP contribution in [-0.4, -0.2) is 76.1 Å². The molecule has 158 valence electrons. The molecule has 4 N–H and O–H groups in total. The average molecular weight is 407 g/mol. The molecule has 1 atom stereocenters. The fourth-order valence-electron chi connectivity index (χ4n) is 3.60. The van der Waals surface area contributed by atoms with E-state index >= 15 is 0 Å². The Labute approximate surface area is 169 Å². The Bertz CT molecular complexity index is 744. The van der Waals surface area contributed by atoms with E-state index in [1.54, 1.807) is 4.90 Å². The third kappa shape index (κ3) is 5.40. The number of benzene rings is 1. The molecule has 1 unspecified atom stereocenters. The van der Waals surface area contributed by atoms with Crippen LogP contribution in [0.25, 0.3) is 0 Å². The summed E-state index contributed by atoms with van der Waals surface area (Å²) in [7, 11) is -1.55. The summed E-state index contributed by atoms with van der Waals surface area (Å²) in [4.78, 5) is 25.6. The first-order valence-electron chi connectivity index (χ1n) is 9.85. The van der Waals surface area contributed by atoms with Gasteiger partial charge < -0.3 is 34.6 Å². The number of nitrogens with zero attached hydrogens (tertiary/aromatic N) is 1. The van der Waals surface area contributed by atoms with Crippen LogP contribution < -0.4 is 4.74 Å². The van der Waals surface area contributed by atoms with Crippen molar-refractivity contribution in [2.75, 3.05) is 19.7 Å². The molecule has 2 heterocycles. The topological polar surface area (TPSA) is 137 Å². The minimum atomic E-state index is -1.55. The molecule has 1 aromatic carbocycles. The minimum absolute atomic E-state index is 0.00374. The van der Waals surface area contributed by atoms with Crippen molar-refractivity contribution >= 4 is 19.0 Å². The molecule has 2 aliphatic heterocycles. The number of aryl methyl sites for hydroxylation is 1. The van der Waals surface area contributed by atoms with E-state index in [-0.39, 0.29) is 42.2 Å². The highest BCUT2D eigenvalue weighted by Gasteiger charge is 2.35. The van der Waals surface area contributed by atoms with E-state index in [1.165, 1.54) is 12.1 Å². The largest absolute Gasteiger partial charge is 0.507 e. The predicted molar refractivity (Wildman–Crippen MR) is 103 cm³/mol. The van der Waals surface area contributed by atoms with E-state index in [0.29, 0.717) is 31.7 Å². The van der Waals surface area contributed by atoms with Gasteiger partial charge in [-0.25, -0.2) is 4.79 Å². The summed E-state index contributed by atoms with van der Waals surface area (Å²) < 4.78 is 11.3. The fourth-order valence-corrected chi connectivity index (χ4v) is 3.60. The van der Waals surface area contributed by atoms with E-state index in [9.17, 15) is 19.8 Å². The van der Waals surface area contributed by atoms with Crippen LogP contribution in [-0.2, 0) is 16.0 Å². The highest BCUT2D eigenvalue weighted by Crippen LogP contribution is 2.34. The van der Waals surface area contributed by atoms with Gasteiger partial charge >= 0.3 is 13.1 Å². The standard InChI is InChI=1S/C19H26BNO8/c22-16(9-13-3-1-2-8-28-13)21-10-14(11-21)29-15-5-4-12(6-7-20(26)27)18(23)17(15)19(24)25/h4-5,13-14,23,26-27H,1-3,6-11H2,(H,24,25). The predicted octanol–water partition coefficient (Wildman–Crippen LogP) is 0.654. The Kier molecular flexibility index (Phi) is 6.99. The minimum Gasteiger partial charge on any atom is -0.507 e. The number of phenols is 1. The number of hydrogen-bond acceptors (Lipinski definition) is 7. The van der Waals surface area contributed by atoms with Crippen LogP contribution in [0.1, 0.15) is 41.6 Å². The maximum atomic E-state index is 12.3. The first kappa shape index (κ1) is 21.4. The summed E-state index contributed by atoms with van der Waals surface area (Å²) in [5.41, 5.74) is -0.0731. The van der Waals surface area contributed by atoms with Crippen molar-refractivity contribution in [2.45, 2.75) is 50.6 Å². The number of carbonyl (C=O) groups is 2. The molecule has 9 nitrogen and oxygen atoms in total. The van der Waals surface area contributed by atoms with Crippen LogP contribution in [0.2, 0.25) is 6.32 Å². The number of likely N-dealkylation sites (tertiary alicyclic amines) is 1. The van der Waals surface area contributed by atoms with Crippen molar-refractivity contribution in [3.8, 4) is 11.5 Å². The van der Waals surface area contributed by atoms with Gasteiger partial charge in [-0.05, 0) is 43.6 Å². The second kappa shape index (κ2) is 9.47. The normalized spacial score (nSPS) is 19.5. The maximum absolute atomic E-state index is 12.3. The van der Waals surface area contributed by atoms with Gasteiger partial charge in [0.2, 0.25) is 5.91 Å². The zero-order valence-corrected chi connectivity index (χ0v) is 16.1. The lowest BCUT2D eigenvalue weighted by atomic mass is 9.82. The lowest BCUT2D eigenvalue weighted by Gasteiger charge is -2.40. The summed E-state index contributed by atoms with van der Waals surface area (Å²) in [6.45, 7) is 1.39. The van der Waals surface area contributed by atoms with Gasteiger partial charge in [0.25, 0.3) is 0 Å². The molecule has 2 aliphatic rings. The van der Waals surface area contributed by atoms with E-state index < -0.39 is 18.8 Å². The van der Waals surface area contributed by atoms with Gasteiger partial charge in [-0.1, -0.05) is 6.07 Å². The zero-order chi connectivity index (χ0) is 21.0. The number of carbonyl (C=O) groups excluding carboxylic acids is 1. The van der Waals surface area contributed by atoms with Gasteiger partial charge in [-0.2, -0.15) is 0 Å². The summed E-state index contributed by atoms with van der Waals surface area (Å²) >= 11 is 0. The molecular weight excluding hydrogens is 381 g/mol. The Balaban J connectivity index is 1.57. The van der Waals surface area contributed by atoms with E-state index in [2.05, 4.69) is 0 Å². The molecule has 2 fully saturated rings. The van der Waals surface area contributed by atoms with Gasteiger partial charge in [-0.15, -0.1) is 0 Å². The Morgan fingerprint density at radius 1 is 1.24 bits per heavy atom. The number of ether oxygens (including phenoxy) is 2. The van der Waals surface area contributed by atoms with Crippen LogP contribution >= 0.6 is 0 Å². The van der Waals surface area contributed by atoms with Gasteiger partial charge in [0.1, 0.15) is 23.2 Å². The summed E-state index contributed by atoms with van der Waals surface area (Å²) in [5, 5.41) is 37.7. The van der Waals surface area contributed by atoms with Gasteiger partial charge in [-0.3, -0.25) is 4.79 Å². The van der Waals surface area contributed by atoms with Crippen LogP contribution in [0.15, 0.2) is 12.1 Å². The van der Waals surface area contributed by atoms with Gasteiger partial charge in [0.05, 0.1) is 25.6 Å². The Hall–Kier alpha value is -2.30. The smallest absolute Gasteiger partial charge is 0.451 e. The molecule has 0 aromatic heterocycles. The molecule has 1 aromatic rings. The zero-order valence-electron chi connectivity index (χ0n) is 16.1. The molecule has 0 bridgehead atoms. The summed E-state index contributed by atoms with van der Waals surface area (Å²) in [6, 6.07) is 2.95. The van der Waals surface area contributed by atoms with Crippen LogP contribution in [0.4, 0.5) is 0 Å². The monoisotopic (exact) mass is 407 g/mol. The molecule has 10 heteroatoms. The quantitative estimate of drug-likeness (QED) is 0.462. The summed E-state index contributed by atoms with van der Waals surface area (Å²) in [6.07, 6.45) is 3.03. The number of amides is 1. The lowest BCUT2D eigenvalue weighted by molar-refractivity contribution is -0.143. The van der Waals surface area contributed by atoms with E-state index in [0.717, 1.165) is 19.3 Å². The van der Waals surface area contributed by atoms with Crippen LogP contribution in [0.3, 0.4) is 0 Å². The number of rotatable bonds is 8. The first-order chi connectivity index (χ1) is 13.8. The molecule has 0 aliphatic carbocycles. The second-order valence-corrected chi connectivity index (χ2v) is 7.50. The molecule has 1 amide bonds. The highest BCUT2D eigenvalue weighted by atomic mass is 16.5. The number of carboxylic acids is 1. The third-order valence-corrected chi connectivity index (χ3v) is 5.28.